The molecule has 0 spiro atoms. The lowest BCUT2D eigenvalue weighted by atomic mass is 9.91. The molecular weight excluding hydrogens is 176 g/mol. The van der Waals surface area contributed by atoms with E-state index < -0.39 is 0 Å². The molecule has 1 heterocycles. The van der Waals surface area contributed by atoms with Crippen molar-refractivity contribution in [2.75, 3.05) is 0 Å². The van der Waals surface area contributed by atoms with Crippen LogP contribution in [-0.2, 0) is 17.3 Å². The molecule has 0 radical (unpaired) electrons. The van der Waals surface area contributed by atoms with Gasteiger partial charge in [0, 0.05) is 18.2 Å². The Morgan fingerprint density at radius 3 is 2.43 bits per heavy atom. The topological polar surface area (TPSA) is 34.9 Å². The smallest absolute Gasteiger partial charge is 0.128 e. The second-order valence-corrected chi connectivity index (χ2v) is 4.75. The van der Waals surface area contributed by atoms with Gasteiger partial charge in [0.25, 0.3) is 0 Å². The predicted molar refractivity (Wildman–Crippen MR) is 56.4 cm³/mol. The van der Waals surface area contributed by atoms with E-state index in [4.69, 9.17) is 0 Å². The third kappa shape index (κ3) is 2.03. The Balaban J connectivity index is 3.11. The Morgan fingerprint density at radius 2 is 2.07 bits per heavy atom. The van der Waals surface area contributed by atoms with Crippen LogP contribution in [0.15, 0.2) is 6.07 Å². The number of aldehydes is 1. The van der Waals surface area contributed by atoms with E-state index in [0.717, 1.165) is 17.7 Å². The third-order valence-corrected chi connectivity index (χ3v) is 2.36. The normalized spacial score (nSPS) is 14.1. The van der Waals surface area contributed by atoms with E-state index in [2.05, 4.69) is 25.9 Å². The fourth-order valence-electron chi connectivity index (χ4n) is 1.34. The molecule has 0 bridgehead atoms. The fraction of sp³-hybridized carbons (Fsp3) is 0.636. The molecule has 78 valence electrons. The van der Waals surface area contributed by atoms with Crippen molar-refractivity contribution in [1.29, 1.82) is 0 Å². The predicted octanol–water partition coefficient (Wildman–Crippen LogP) is 2.02. The van der Waals surface area contributed by atoms with Gasteiger partial charge in [-0.2, -0.15) is 5.10 Å². The highest BCUT2D eigenvalue weighted by atomic mass is 16.1. The molecule has 0 N–H and O–H groups in total. The van der Waals surface area contributed by atoms with E-state index in [1.54, 1.807) is 4.68 Å². The molecule has 1 aromatic rings. The van der Waals surface area contributed by atoms with Crippen LogP contribution in [0.25, 0.3) is 0 Å². The Bertz CT molecular complexity index is 334. The lowest BCUT2D eigenvalue weighted by Crippen LogP contribution is -2.12. The summed E-state index contributed by atoms with van der Waals surface area (Å²) < 4.78 is 1.79. The van der Waals surface area contributed by atoms with Gasteiger partial charge in [-0.15, -0.1) is 0 Å². The summed E-state index contributed by atoms with van der Waals surface area (Å²) in [7, 11) is 1.88. The first-order valence-electron chi connectivity index (χ1n) is 4.86. The van der Waals surface area contributed by atoms with E-state index in [0.29, 0.717) is 0 Å². The van der Waals surface area contributed by atoms with Gasteiger partial charge in [0.1, 0.15) is 6.29 Å². The summed E-state index contributed by atoms with van der Waals surface area (Å²) >= 11 is 0. The summed E-state index contributed by atoms with van der Waals surface area (Å²) in [5, 5.41) is 4.41. The number of hydrogen-bond donors (Lipinski definition) is 0. The van der Waals surface area contributed by atoms with Crippen molar-refractivity contribution in [3.05, 3.63) is 17.5 Å². The molecule has 1 rings (SSSR count). The average molecular weight is 194 g/mol. The monoisotopic (exact) mass is 194 g/mol. The highest BCUT2D eigenvalue weighted by molar-refractivity contribution is 5.60. The molecular formula is C11H18N2O. The first kappa shape index (κ1) is 11.0. The molecule has 1 atom stereocenters. The zero-order valence-corrected chi connectivity index (χ0v) is 9.53. The maximum Gasteiger partial charge on any atom is 0.128 e. The van der Waals surface area contributed by atoms with Crippen molar-refractivity contribution < 1.29 is 4.79 Å². The van der Waals surface area contributed by atoms with Crippen molar-refractivity contribution in [2.45, 2.75) is 39.0 Å². The standard InChI is InChI=1S/C11H18N2O/c1-8(7-14)9-6-10(11(2,3)4)12-13(9)5/h6-8H,1-5H3. The van der Waals surface area contributed by atoms with Crippen molar-refractivity contribution in [2.24, 2.45) is 7.05 Å². The Labute approximate surface area is 85.1 Å². The van der Waals surface area contributed by atoms with Crippen LogP contribution in [0.4, 0.5) is 0 Å². The third-order valence-electron chi connectivity index (χ3n) is 2.36. The minimum absolute atomic E-state index is 0.0403. The molecule has 0 aliphatic heterocycles. The molecule has 3 heteroatoms. The number of nitrogens with zero attached hydrogens (tertiary/aromatic N) is 2. The summed E-state index contributed by atoms with van der Waals surface area (Å²) in [4.78, 5) is 10.7. The van der Waals surface area contributed by atoms with Gasteiger partial charge in [-0.05, 0) is 6.07 Å². The van der Waals surface area contributed by atoms with E-state index in [-0.39, 0.29) is 11.3 Å². The van der Waals surface area contributed by atoms with Crippen molar-refractivity contribution in [3.8, 4) is 0 Å². The lowest BCUT2D eigenvalue weighted by molar-refractivity contribution is -0.108. The van der Waals surface area contributed by atoms with Gasteiger partial charge in [-0.25, -0.2) is 0 Å². The van der Waals surface area contributed by atoms with Crippen LogP contribution in [-0.4, -0.2) is 16.1 Å². The van der Waals surface area contributed by atoms with Gasteiger partial charge in [-0.1, -0.05) is 27.7 Å². The van der Waals surface area contributed by atoms with Gasteiger partial charge in [-0.3, -0.25) is 4.68 Å². The summed E-state index contributed by atoms with van der Waals surface area (Å²) in [6, 6.07) is 2.01. The largest absolute Gasteiger partial charge is 0.303 e. The summed E-state index contributed by atoms with van der Waals surface area (Å²) in [5.74, 6) is -0.0800. The highest BCUT2D eigenvalue weighted by Crippen LogP contribution is 2.23. The SMILES string of the molecule is CC(C=O)c1cc(C(C)(C)C)nn1C. The maximum absolute atomic E-state index is 10.7. The second-order valence-electron chi connectivity index (χ2n) is 4.75. The quantitative estimate of drug-likeness (QED) is 0.675. The van der Waals surface area contributed by atoms with Crippen molar-refractivity contribution in [1.82, 2.24) is 9.78 Å². The minimum Gasteiger partial charge on any atom is -0.303 e. The minimum atomic E-state index is -0.0800. The second kappa shape index (κ2) is 3.56. The van der Waals surface area contributed by atoms with Crippen molar-refractivity contribution in [3.63, 3.8) is 0 Å². The van der Waals surface area contributed by atoms with Gasteiger partial charge in [0.05, 0.1) is 11.6 Å². The molecule has 0 saturated carbocycles. The van der Waals surface area contributed by atoms with Gasteiger partial charge >= 0.3 is 0 Å². The first-order chi connectivity index (χ1) is 6.36. The zero-order valence-electron chi connectivity index (χ0n) is 9.53. The van der Waals surface area contributed by atoms with Gasteiger partial charge < -0.3 is 4.79 Å². The van der Waals surface area contributed by atoms with E-state index in [9.17, 15) is 4.79 Å². The zero-order chi connectivity index (χ0) is 10.9. The molecule has 0 aliphatic carbocycles. The molecule has 1 unspecified atom stereocenters. The summed E-state index contributed by atoms with van der Waals surface area (Å²) in [6.45, 7) is 8.23. The number of carbonyl (C=O) groups is 1. The molecule has 0 saturated heterocycles. The van der Waals surface area contributed by atoms with Gasteiger partial charge in [0.15, 0.2) is 0 Å². The molecule has 0 fully saturated rings. The van der Waals surface area contributed by atoms with Crippen LogP contribution >= 0.6 is 0 Å². The maximum atomic E-state index is 10.7. The number of rotatable bonds is 2. The molecule has 14 heavy (non-hydrogen) atoms. The Kier molecular flexibility index (Phi) is 2.79. The Hall–Kier alpha value is -1.12. The van der Waals surface area contributed by atoms with Crippen LogP contribution in [0.2, 0.25) is 0 Å². The van der Waals surface area contributed by atoms with Crippen LogP contribution in [0.5, 0.6) is 0 Å². The number of hydrogen-bond acceptors (Lipinski definition) is 2. The number of aromatic nitrogens is 2. The molecule has 0 aromatic carbocycles. The van der Waals surface area contributed by atoms with Crippen molar-refractivity contribution >= 4 is 6.29 Å². The number of carbonyl (C=O) groups excluding carboxylic acids is 1. The molecule has 3 nitrogen and oxygen atoms in total. The fourth-order valence-corrected chi connectivity index (χ4v) is 1.34. The van der Waals surface area contributed by atoms with Gasteiger partial charge in [0.2, 0.25) is 0 Å². The summed E-state index contributed by atoms with van der Waals surface area (Å²) in [6.07, 6.45) is 0.948. The molecule has 0 aliphatic rings. The molecule has 1 aromatic heterocycles. The van der Waals surface area contributed by atoms with Crippen LogP contribution in [0.1, 0.15) is 45.0 Å². The summed E-state index contributed by atoms with van der Waals surface area (Å²) in [5.41, 5.74) is 2.05. The van der Waals surface area contributed by atoms with Crippen LogP contribution in [0.3, 0.4) is 0 Å². The van der Waals surface area contributed by atoms with E-state index in [1.807, 2.05) is 20.0 Å². The lowest BCUT2D eigenvalue weighted by Gasteiger charge is -2.13. The number of aryl methyl sites for hydroxylation is 1. The Morgan fingerprint density at radius 1 is 1.50 bits per heavy atom. The highest BCUT2D eigenvalue weighted by Gasteiger charge is 2.20. The molecule has 0 amide bonds. The van der Waals surface area contributed by atoms with Crippen LogP contribution in [0, 0.1) is 0 Å². The van der Waals surface area contributed by atoms with Crippen LogP contribution < -0.4 is 0 Å². The first-order valence-corrected chi connectivity index (χ1v) is 4.86. The van der Waals surface area contributed by atoms with E-state index in [1.165, 1.54) is 0 Å². The van der Waals surface area contributed by atoms with E-state index >= 15 is 0 Å². The average Bonchev–Trinajstić information content (AvgIpc) is 2.45.